The first-order chi connectivity index (χ1) is 6.74. The Labute approximate surface area is 95.3 Å². The lowest BCUT2D eigenvalue weighted by atomic mass is 10.00. The first kappa shape index (κ1) is 9.65. The van der Waals surface area contributed by atoms with Crippen LogP contribution in [-0.2, 0) is 0 Å². The Morgan fingerprint density at radius 3 is 2.21 bits per heavy atom. The van der Waals surface area contributed by atoms with Gasteiger partial charge in [0.25, 0.3) is 0 Å². The van der Waals surface area contributed by atoms with Crippen molar-refractivity contribution in [2.75, 3.05) is 0 Å². The van der Waals surface area contributed by atoms with Gasteiger partial charge in [0.2, 0.25) is 0 Å². The Morgan fingerprint density at radius 1 is 1.14 bits per heavy atom. The van der Waals surface area contributed by atoms with Crippen molar-refractivity contribution in [3.63, 3.8) is 0 Å². The van der Waals surface area contributed by atoms with Crippen LogP contribution in [0, 0.1) is 17.8 Å². The van der Waals surface area contributed by atoms with Crippen LogP contribution in [0.3, 0.4) is 0 Å². The Kier molecular flexibility index (Phi) is 2.40. The van der Waals surface area contributed by atoms with Crippen LogP contribution in [0.4, 0.5) is 0 Å². The van der Waals surface area contributed by atoms with Crippen molar-refractivity contribution in [3.8, 4) is 0 Å². The number of fused-ring (bicyclic) bond motifs is 5. The molecule has 0 aromatic heterocycles. The molecule has 4 unspecified atom stereocenters. The number of hydrogen-bond donors (Lipinski definition) is 0. The second kappa shape index (κ2) is 3.48. The molecule has 3 rings (SSSR count). The van der Waals surface area contributed by atoms with Gasteiger partial charge in [-0.15, -0.1) is 23.5 Å². The molecule has 4 atom stereocenters. The van der Waals surface area contributed by atoms with Crippen molar-refractivity contribution in [1.29, 1.82) is 0 Å². The van der Waals surface area contributed by atoms with Crippen LogP contribution in [0.1, 0.15) is 33.1 Å². The largest absolute Gasteiger partial charge is 0.115 e. The van der Waals surface area contributed by atoms with Gasteiger partial charge in [-0.2, -0.15) is 0 Å². The molecule has 2 saturated carbocycles. The van der Waals surface area contributed by atoms with E-state index >= 15 is 0 Å². The summed E-state index contributed by atoms with van der Waals surface area (Å²) in [6.45, 7) is 4.58. The zero-order chi connectivity index (χ0) is 9.71. The topological polar surface area (TPSA) is 0 Å². The van der Waals surface area contributed by atoms with Gasteiger partial charge in [0, 0.05) is 14.7 Å². The molecule has 3 aliphatic rings. The molecule has 0 amide bonds. The Hall–Kier alpha value is 0.440. The molecule has 0 radical (unpaired) electrons. The van der Waals surface area contributed by atoms with Gasteiger partial charge in [-0.3, -0.25) is 0 Å². The number of allylic oxidation sites excluding steroid dienone is 1. The van der Waals surface area contributed by atoms with Crippen molar-refractivity contribution < 1.29 is 0 Å². The first-order valence-corrected chi connectivity index (χ1v) is 7.55. The van der Waals surface area contributed by atoms with Crippen LogP contribution in [0.2, 0.25) is 0 Å². The van der Waals surface area contributed by atoms with Gasteiger partial charge >= 0.3 is 0 Å². The minimum absolute atomic E-state index is 0.724. The monoisotopic (exact) mass is 226 g/mol. The molecule has 2 heteroatoms. The van der Waals surface area contributed by atoms with Crippen LogP contribution in [0.5, 0.6) is 0 Å². The summed E-state index contributed by atoms with van der Waals surface area (Å²) in [5.74, 6) is 2.86. The Morgan fingerprint density at radius 2 is 1.71 bits per heavy atom. The van der Waals surface area contributed by atoms with Crippen molar-refractivity contribution in [2.45, 2.75) is 43.6 Å². The number of hydrogen-bond acceptors (Lipinski definition) is 2. The van der Waals surface area contributed by atoms with Crippen LogP contribution < -0.4 is 0 Å². The van der Waals surface area contributed by atoms with Crippen molar-refractivity contribution in [2.24, 2.45) is 17.8 Å². The molecular weight excluding hydrogens is 208 g/mol. The first-order valence-electron chi connectivity index (χ1n) is 5.79. The number of rotatable bonds is 1. The molecule has 1 saturated heterocycles. The molecule has 0 aromatic rings. The zero-order valence-corrected chi connectivity index (χ0v) is 10.5. The SMILES string of the molecule is CC(C)C=C1SC2C3CCC(C3)C2S1. The highest BCUT2D eigenvalue weighted by atomic mass is 32.2. The quantitative estimate of drug-likeness (QED) is 0.659. The highest BCUT2D eigenvalue weighted by molar-refractivity contribution is 8.26. The normalized spacial score (nSPS) is 44.9. The fourth-order valence-electron chi connectivity index (χ4n) is 3.16. The minimum atomic E-state index is 0.724. The second-order valence-corrected chi connectivity index (χ2v) is 7.93. The van der Waals surface area contributed by atoms with Crippen LogP contribution in [0.15, 0.2) is 10.3 Å². The summed E-state index contributed by atoms with van der Waals surface area (Å²) >= 11 is 4.39. The fourth-order valence-corrected chi connectivity index (χ4v) is 7.21. The molecule has 78 valence electrons. The molecule has 1 aliphatic heterocycles. The fraction of sp³-hybridized carbons (Fsp3) is 0.833. The molecule has 1 heterocycles. The highest BCUT2D eigenvalue weighted by Gasteiger charge is 2.51. The molecule has 14 heavy (non-hydrogen) atoms. The van der Waals surface area contributed by atoms with E-state index in [0.717, 1.165) is 28.3 Å². The smallest absolute Gasteiger partial charge is 0.0369 e. The van der Waals surface area contributed by atoms with E-state index < -0.39 is 0 Å². The Bertz CT molecular complexity index is 249. The van der Waals surface area contributed by atoms with Gasteiger partial charge in [-0.25, -0.2) is 0 Å². The summed E-state index contributed by atoms with van der Waals surface area (Å²) in [5, 5.41) is 1.98. The maximum atomic E-state index is 2.47. The molecule has 0 spiro atoms. The third-order valence-corrected chi connectivity index (χ3v) is 7.13. The zero-order valence-electron chi connectivity index (χ0n) is 8.90. The van der Waals surface area contributed by atoms with E-state index in [1.165, 1.54) is 12.8 Å². The summed E-state index contributed by atoms with van der Waals surface area (Å²) in [5.41, 5.74) is 0. The van der Waals surface area contributed by atoms with E-state index in [4.69, 9.17) is 0 Å². The van der Waals surface area contributed by atoms with Gasteiger partial charge in [-0.05, 0) is 37.0 Å². The summed E-state index contributed by atoms with van der Waals surface area (Å²) in [6, 6.07) is 0. The van der Waals surface area contributed by atoms with E-state index in [9.17, 15) is 0 Å². The summed E-state index contributed by atoms with van der Waals surface area (Å²) < 4.78 is 1.63. The molecule has 0 N–H and O–H groups in total. The average Bonchev–Trinajstić information content (AvgIpc) is 2.69. The molecule has 0 nitrogen and oxygen atoms in total. The molecular formula is C12H18S2. The van der Waals surface area contributed by atoms with E-state index in [0.29, 0.717) is 0 Å². The summed E-state index contributed by atoms with van der Waals surface area (Å²) in [6.07, 6.45) is 7.06. The van der Waals surface area contributed by atoms with Crippen molar-refractivity contribution in [3.05, 3.63) is 10.3 Å². The van der Waals surface area contributed by atoms with E-state index in [1.807, 2.05) is 0 Å². The van der Waals surface area contributed by atoms with Gasteiger partial charge in [-0.1, -0.05) is 19.9 Å². The van der Waals surface area contributed by atoms with Gasteiger partial charge < -0.3 is 0 Å². The van der Waals surface area contributed by atoms with Gasteiger partial charge in [0.15, 0.2) is 0 Å². The standard InChI is InChI=1S/C12H18S2/c1-7(2)5-10-13-11-8-3-4-9(6-8)12(11)14-10/h5,7-9,11-12H,3-4,6H2,1-2H3. The van der Waals surface area contributed by atoms with Gasteiger partial charge in [0.1, 0.15) is 0 Å². The van der Waals surface area contributed by atoms with E-state index in [-0.39, 0.29) is 0 Å². The summed E-state index contributed by atoms with van der Waals surface area (Å²) in [4.78, 5) is 0. The lowest BCUT2D eigenvalue weighted by Crippen LogP contribution is -2.22. The Balaban J connectivity index is 1.76. The molecule has 2 bridgehead atoms. The third-order valence-electron chi connectivity index (χ3n) is 3.74. The minimum Gasteiger partial charge on any atom is -0.115 e. The summed E-state index contributed by atoms with van der Waals surface area (Å²) in [7, 11) is 0. The second-order valence-electron chi connectivity index (χ2n) is 5.23. The average molecular weight is 226 g/mol. The molecule has 3 fully saturated rings. The predicted octanol–water partition coefficient (Wildman–Crippen LogP) is 4.13. The molecule has 2 aliphatic carbocycles. The number of thioether (sulfide) groups is 2. The van der Waals surface area contributed by atoms with Crippen LogP contribution >= 0.6 is 23.5 Å². The van der Waals surface area contributed by atoms with E-state index in [1.54, 1.807) is 10.7 Å². The van der Waals surface area contributed by atoms with E-state index in [2.05, 4.69) is 43.4 Å². The lowest BCUT2D eigenvalue weighted by Gasteiger charge is -2.21. The third kappa shape index (κ3) is 1.46. The van der Waals surface area contributed by atoms with Crippen molar-refractivity contribution >= 4 is 23.5 Å². The molecule has 0 aromatic carbocycles. The van der Waals surface area contributed by atoms with Gasteiger partial charge in [0.05, 0.1) is 0 Å². The van der Waals surface area contributed by atoms with Crippen LogP contribution in [-0.4, -0.2) is 10.5 Å². The predicted molar refractivity (Wildman–Crippen MR) is 66.5 cm³/mol. The lowest BCUT2D eigenvalue weighted by molar-refractivity contribution is 0.508. The highest BCUT2D eigenvalue weighted by Crippen LogP contribution is 2.63. The van der Waals surface area contributed by atoms with Crippen molar-refractivity contribution in [1.82, 2.24) is 0 Å². The maximum Gasteiger partial charge on any atom is 0.0369 e. The van der Waals surface area contributed by atoms with Crippen LogP contribution in [0.25, 0.3) is 0 Å². The maximum absolute atomic E-state index is 2.47.